The number of carbonyl (C=O) groups excluding carboxylic acids is 1. The first-order valence-electron chi connectivity index (χ1n) is 8.51. The van der Waals surface area contributed by atoms with Crippen LogP contribution in [0.25, 0.3) is 22.3 Å². The van der Waals surface area contributed by atoms with Crippen molar-refractivity contribution < 1.29 is 4.79 Å². The second-order valence-electron chi connectivity index (χ2n) is 6.15. The first-order valence-corrected chi connectivity index (χ1v) is 8.89. The minimum atomic E-state index is -0.212. The maximum atomic E-state index is 13.1. The molecule has 5 heteroatoms. The van der Waals surface area contributed by atoms with Gasteiger partial charge in [-0.05, 0) is 48.9 Å². The van der Waals surface area contributed by atoms with Crippen LogP contribution >= 0.6 is 11.6 Å². The fourth-order valence-corrected chi connectivity index (χ4v) is 3.12. The Kier molecular flexibility index (Phi) is 4.57. The minimum absolute atomic E-state index is 0.212. The van der Waals surface area contributed by atoms with Crippen LogP contribution in [0.3, 0.4) is 0 Å². The van der Waals surface area contributed by atoms with E-state index < -0.39 is 0 Å². The summed E-state index contributed by atoms with van der Waals surface area (Å²) in [6, 6.07) is 20.4. The van der Waals surface area contributed by atoms with Gasteiger partial charge in [0, 0.05) is 22.3 Å². The number of nitrogens with zero attached hydrogens (tertiary/aromatic N) is 2. The number of anilines is 1. The lowest BCUT2D eigenvalue weighted by Crippen LogP contribution is -2.14. The summed E-state index contributed by atoms with van der Waals surface area (Å²) in [5.74, 6) is -0.212. The van der Waals surface area contributed by atoms with Gasteiger partial charge in [0.1, 0.15) is 0 Å². The van der Waals surface area contributed by atoms with Gasteiger partial charge in [-0.3, -0.25) is 9.78 Å². The molecule has 0 aliphatic carbocycles. The Balaban J connectivity index is 1.82. The van der Waals surface area contributed by atoms with E-state index in [0.717, 1.165) is 22.2 Å². The predicted molar refractivity (Wildman–Crippen MR) is 109 cm³/mol. The minimum Gasteiger partial charge on any atom is -0.322 e. The zero-order valence-corrected chi connectivity index (χ0v) is 15.4. The quantitative estimate of drug-likeness (QED) is 0.515. The Labute approximate surface area is 161 Å². The van der Waals surface area contributed by atoms with E-state index in [9.17, 15) is 4.79 Å². The Morgan fingerprint density at radius 2 is 1.78 bits per heavy atom. The molecule has 132 valence electrons. The summed E-state index contributed by atoms with van der Waals surface area (Å²) in [6.45, 7) is 1.88. The van der Waals surface area contributed by atoms with Gasteiger partial charge in [-0.15, -0.1) is 0 Å². The third kappa shape index (κ3) is 3.39. The Bertz CT molecular complexity index is 1140. The van der Waals surface area contributed by atoms with Gasteiger partial charge in [0.2, 0.25) is 0 Å². The lowest BCUT2D eigenvalue weighted by molar-refractivity contribution is 0.102. The molecule has 2 aromatic heterocycles. The number of nitrogens with one attached hydrogen (secondary N) is 1. The van der Waals surface area contributed by atoms with E-state index in [-0.39, 0.29) is 5.91 Å². The lowest BCUT2D eigenvalue weighted by atomic mass is 10.0. The van der Waals surface area contributed by atoms with Crippen molar-refractivity contribution in [3.05, 3.63) is 89.1 Å². The molecule has 0 aliphatic rings. The number of hydrogen-bond acceptors (Lipinski definition) is 3. The number of halogens is 1. The SMILES string of the molecule is Cc1c(Cl)cccc1NC(=O)c1cc(-c2ccccn2)nc2ccccc12. The molecule has 27 heavy (non-hydrogen) atoms. The summed E-state index contributed by atoms with van der Waals surface area (Å²) < 4.78 is 0. The molecule has 0 unspecified atom stereocenters. The maximum Gasteiger partial charge on any atom is 0.256 e. The zero-order chi connectivity index (χ0) is 18.8. The van der Waals surface area contributed by atoms with Crippen LogP contribution in [0, 0.1) is 6.92 Å². The van der Waals surface area contributed by atoms with Gasteiger partial charge in [0.15, 0.2) is 0 Å². The van der Waals surface area contributed by atoms with Crippen molar-refractivity contribution in [1.29, 1.82) is 0 Å². The molecule has 0 aliphatic heterocycles. The van der Waals surface area contributed by atoms with Crippen LogP contribution in [-0.2, 0) is 0 Å². The molecule has 2 aromatic carbocycles. The fraction of sp³-hybridized carbons (Fsp3) is 0.0455. The van der Waals surface area contributed by atoms with Gasteiger partial charge >= 0.3 is 0 Å². The molecule has 0 atom stereocenters. The summed E-state index contributed by atoms with van der Waals surface area (Å²) in [5.41, 5.74) is 4.18. The highest BCUT2D eigenvalue weighted by Crippen LogP contribution is 2.27. The third-order valence-electron chi connectivity index (χ3n) is 4.40. The molecule has 4 rings (SSSR count). The first-order chi connectivity index (χ1) is 13.1. The Hall–Kier alpha value is -3.24. The van der Waals surface area contributed by atoms with Crippen LogP contribution < -0.4 is 5.32 Å². The van der Waals surface area contributed by atoms with E-state index in [4.69, 9.17) is 11.6 Å². The largest absolute Gasteiger partial charge is 0.322 e. The summed E-state index contributed by atoms with van der Waals surface area (Å²) in [6.07, 6.45) is 1.71. The van der Waals surface area contributed by atoms with Crippen molar-refractivity contribution in [2.75, 3.05) is 5.32 Å². The van der Waals surface area contributed by atoms with Crippen molar-refractivity contribution in [2.24, 2.45) is 0 Å². The van der Waals surface area contributed by atoms with Crippen LogP contribution in [0.1, 0.15) is 15.9 Å². The zero-order valence-electron chi connectivity index (χ0n) is 14.6. The standard InChI is InChI=1S/C22H16ClN3O/c1-14-17(23)8-6-11-18(14)26-22(27)16-13-21(20-10-4-5-12-24-20)25-19-9-3-2-7-15(16)19/h2-13H,1H3,(H,26,27). The Morgan fingerprint density at radius 3 is 2.59 bits per heavy atom. The van der Waals surface area contributed by atoms with E-state index in [1.807, 2.05) is 61.5 Å². The van der Waals surface area contributed by atoms with Crippen molar-refractivity contribution in [3.63, 3.8) is 0 Å². The number of carbonyl (C=O) groups is 1. The average Bonchev–Trinajstić information content (AvgIpc) is 2.71. The third-order valence-corrected chi connectivity index (χ3v) is 4.81. The second-order valence-corrected chi connectivity index (χ2v) is 6.56. The van der Waals surface area contributed by atoms with Crippen molar-refractivity contribution >= 4 is 34.1 Å². The van der Waals surface area contributed by atoms with Crippen LogP contribution in [0.15, 0.2) is 72.9 Å². The molecule has 0 spiro atoms. The van der Waals surface area contributed by atoms with Gasteiger partial charge in [-0.2, -0.15) is 0 Å². The number of para-hydroxylation sites is 1. The van der Waals surface area contributed by atoms with Crippen molar-refractivity contribution in [2.45, 2.75) is 6.92 Å². The highest BCUT2D eigenvalue weighted by atomic mass is 35.5. The molecule has 2 heterocycles. The summed E-state index contributed by atoms with van der Waals surface area (Å²) in [7, 11) is 0. The van der Waals surface area contributed by atoms with Crippen LogP contribution in [-0.4, -0.2) is 15.9 Å². The molecule has 0 radical (unpaired) electrons. The Morgan fingerprint density at radius 1 is 0.963 bits per heavy atom. The van der Waals surface area contributed by atoms with Crippen molar-refractivity contribution in [1.82, 2.24) is 9.97 Å². The van der Waals surface area contributed by atoms with E-state index in [0.29, 0.717) is 22.0 Å². The van der Waals surface area contributed by atoms with E-state index in [2.05, 4.69) is 15.3 Å². The van der Waals surface area contributed by atoms with Crippen LogP contribution in [0.4, 0.5) is 5.69 Å². The van der Waals surface area contributed by atoms with Crippen LogP contribution in [0.5, 0.6) is 0 Å². The highest BCUT2D eigenvalue weighted by Gasteiger charge is 2.15. The molecular formula is C22H16ClN3O. The second kappa shape index (κ2) is 7.17. The van der Waals surface area contributed by atoms with E-state index in [1.165, 1.54) is 0 Å². The van der Waals surface area contributed by atoms with Gasteiger partial charge in [-0.1, -0.05) is 41.9 Å². The molecule has 0 saturated carbocycles. The fourth-order valence-electron chi connectivity index (χ4n) is 2.94. The molecule has 0 saturated heterocycles. The van der Waals surface area contributed by atoms with E-state index >= 15 is 0 Å². The molecule has 4 aromatic rings. The lowest BCUT2D eigenvalue weighted by Gasteiger charge is -2.12. The predicted octanol–water partition coefficient (Wildman–Crippen LogP) is 5.51. The van der Waals surface area contributed by atoms with Crippen molar-refractivity contribution in [3.8, 4) is 11.4 Å². The number of pyridine rings is 2. The van der Waals surface area contributed by atoms with Gasteiger partial charge < -0.3 is 5.32 Å². The summed E-state index contributed by atoms with van der Waals surface area (Å²) in [5, 5.41) is 4.37. The van der Waals surface area contributed by atoms with Gasteiger partial charge in [-0.25, -0.2) is 4.98 Å². The monoisotopic (exact) mass is 373 g/mol. The molecule has 4 nitrogen and oxygen atoms in total. The molecule has 1 amide bonds. The van der Waals surface area contributed by atoms with E-state index in [1.54, 1.807) is 18.3 Å². The maximum absolute atomic E-state index is 13.1. The number of rotatable bonds is 3. The number of fused-ring (bicyclic) bond motifs is 1. The molecule has 1 N–H and O–H groups in total. The molecule has 0 fully saturated rings. The number of benzene rings is 2. The highest BCUT2D eigenvalue weighted by molar-refractivity contribution is 6.31. The molecular weight excluding hydrogens is 358 g/mol. The molecule has 0 bridgehead atoms. The average molecular weight is 374 g/mol. The normalized spacial score (nSPS) is 10.7. The van der Waals surface area contributed by atoms with Crippen LogP contribution in [0.2, 0.25) is 5.02 Å². The first kappa shape index (κ1) is 17.2. The number of amides is 1. The van der Waals surface area contributed by atoms with Gasteiger partial charge in [0.25, 0.3) is 5.91 Å². The smallest absolute Gasteiger partial charge is 0.256 e. The topological polar surface area (TPSA) is 54.9 Å². The number of hydrogen-bond donors (Lipinski definition) is 1. The number of aromatic nitrogens is 2. The van der Waals surface area contributed by atoms with Gasteiger partial charge in [0.05, 0.1) is 22.5 Å². The summed E-state index contributed by atoms with van der Waals surface area (Å²) in [4.78, 5) is 22.1. The summed E-state index contributed by atoms with van der Waals surface area (Å²) >= 11 is 6.17.